The number of thioether (sulfide) groups is 1. The maximum absolute atomic E-state index is 12.0. The highest BCUT2D eigenvalue weighted by atomic mass is 32.2. The van der Waals surface area contributed by atoms with Crippen molar-refractivity contribution in [3.8, 4) is 11.5 Å². The molecule has 1 amide bonds. The van der Waals surface area contributed by atoms with Crippen LogP contribution in [0.4, 0.5) is 5.69 Å². The van der Waals surface area contributed by atoms with Gasteiger partial charge in [0.1, 0.15) is 11.5 Å². The number of ether oxygens (including phenoxy) is 2. The maximum Gasteiger partial charge on any atom is 0.251 e. The smallest absolute Gasteiger partial charge is 0.251 e. The zero-order chi connectivity index (χ0) is 16.8. The number of H-pyrrole nitrogens is 1. The van der Waals surface area contributed by atoms with Gasteiger partial charge in [-0.25, -0.2) is 4.98 Å². The second kappa shape index (κ2) is 7.68. The van der Waals surface area contributed by atoms with Crippen molar-refractivity contribution >= 4 is 23.4 Å². The van der Waals surface area contributed by atoms with Crippen molar-refractivity contribution < 1.29 is 14.3 Å². The number of hydrogen-bond donors (Lipinski definition) is 2. The molecule has 0 aliphatic rings. The Balaban J connectivity index is 2.01. The molecular weight excluding hydrogens is 318 g/mol. The first-order chi connectivity index (χ1) is 11.0. The molecule has 2 aromatic rings. The number of amides is 1. The van der Waals surface area contributed by atoms with E-state index in [0.29, 0.717) is 28.0 Å². The highest BCUT2D eigenvalue weighted by Gasteiger charge is 2.10. The summed E-state index contributed by atoms with van der Waals surface area (Å²) in [5.41, 5.74) is 0.912. The van der Waals surface area contributed by atoms with E-state index < -0.39 is 0 Å². The monoisotopic (exact) mass is 335 g/mol. The van der Waals surface area contributed by atoms with E-state index in [9.17, 15) is 9.59 Å². The zero-order valence-electron chi connectivity index (χ0n) is 13.0. The molecule has 0 spiro atoms. The zero-order valence-corrected chi connectivity index (χ0v) is 13.8. The number of anilines is 1. The van der Waals surface area contributed by atoms with E-state index in [4.69, 9.17) is 9.47 Å². The van der Waals surface area contributed by atoms with E-state index in [1.54, 1.807) is 32.2 Å². The van der Waals surface area contributed by atoms with Crippen LogP contribution in [0.15, 0.2) is 34.2 Å². The Bertz CT molecular complexity index is 761. The van der Waals surface area contributed by atoms with Crippen LogP contribution in [0.1, 0.15) is 5.69 Å². The van der Waals surface area contributed by atoms with Crippen molar-refractivity contribution in [3.63, 3.8) is 0 Å². The molecule has 0 saturated heterocycles. The second-order valence-electron chi connectivity index (χ2n) is 4.59. The normalized spacial score (nSPS) is 10.2. The molecule has 2 rings (SSSR count). The fourth-order valence-corrected chi connectivity index (χ4v) is 2.56. The van der Waals surface area contributed by atoms with Crippen molar-refractivity contribution in [1.29, 1.82) is 0 Å². The fourth-order valence-electron chi connectivity index (χ4n) is 1.84. The van der Waals surface area contributed by atoms with Crippen LogP contribution in [0, 0.1) is 6.92 Å². The Labute approximate surface area is 137 Å². The Morgan fingerprint density at radius 1 is 1.30 bits per heavy atom. The molecule has 0 aliphatic carbocycles. The molecule has 0 fully saturated rings. The van der Waals surface area contributed by atoms with Crippen molar-refractivity contribution in [2.75, 3.05) is 25.3 Å². The van der Waals surface area contributed by atoms with Crippen LogP contribution >= 0.6 is 11.8 Å². The molecule has 1 aromatic carbocycles. The molecule has 0 aliphatic heterocycles. The molecule has 0 saturated carbocycles. The molecule has 0 unspecified atom stereocenters. The number of aryl methyl sites for hydroxylation is 1. The number of methoxy groups -OCH3 is 2. The first kappa shape index (κ1) is 16.9. The SMILES string of the molecule is COc1ccc(NC(=O)CSc2nc(C)cc(=O)[nH]2)c(OC)c1. The first-order valence-corrected chi connectivity index (χ1v) is 7.73. The van der Waals surface area contributed by atoms with Gasteiger partial charge < -0.3 is 19.8 Å². The van der Waals surface area contributed by atoms with Gasteiger partial charge in [0.15, 0.2) is 5.16 Å². The summed E-state index contributed by atoms with van der Waals surface area (Å²) in [5.74, 6) is 1.02. The Hall–Kier alpha value is -2.48. The average Bonchev–Trinajstić information content (AvgIpc) is 2.52. The van der Waals surface area contributed by atoms with E-state index in [1.807, 2.05) is 0 Å². The summed E-state index contributed by atoms with van der Waals surface area (Å²) >= 11 is 1.15. The predicted octanol–water partition coefficient (Wildman–Crippen LogP) is 1.83. The van der Waals surface area contributed by atoms with E-state index in [2.05, 4.69) is 15.3 Å². The van der Waals surface area contributed by atoms with Gasteiger partial charge in [0.25, 0.3) is 5.56 Å². The van der Waals surface area contributed by atoms with E-state index in [0.717, 1.165) is 11.8 Å². The molecular formula is C15H17N3O4S. The quantitative estimate of drug-likeness (QED) is 0.618. The minimum atomic E-state index is -0.239. The van der Waals surface area contributed by atoms with Gasteiger partial charge in [0, 0.05) is 17.8 Å². The van der Waals surface area contributed by atoms with Gasteiger partial charge in [-0.05, 0) is 19.1 Å². The van der Waals surface area contributed by atoms with Gasteiger partial charge in [-0.15, -0.1) is 0 Å². The molecule has 2 N–H and O–H groups in total. The molecule has 23 heavy (non-hydrogen) atoms. The summed E-state index contributed by atoms with van der Waals surface area (Å²) in [6.07, 6.45) is 0. The van der Waals surface area contributed by atoms with Gasteiger partial charge in [-0.3, -0.25) is 9.59 Å². The topological polar surface area (TPSA) is 93.3 Å². The number of carbonyl (C=O) groups is 1. The summed E-state index contributed by atoms with van der Waals surface area (Å²) in [5, 5.41) is 3.16. The molecule has 1 aromatic heterocycles. The number of benzene rings is 1. The molecule has 0 bridgehead atoms. The van der Waals surface area contributed by atoms with Crippen molar-refractivity contribution in [3.05, 3.63) is 40.3 Å². The molecule has 8 heteroatoms. The Kier molecular flexibility index (Phi) is 5.64. The lowest BCUT2D eigenvalue weighted by molar-refractivity contribution is -0.113. The summed E-state index contributed by atoms with van der Waals surface area (Å²) in [6.45, 7) is 1.72. The summed E-state index contributed by atoms with van der Waals surface area (Å²) in [6, 6.07) is 6.51. The summed E-state index contributed by atoms with van der Waals surface area (Å²) < 4.78 is 10.3. The van der Waals surface area contributed by atoms with Crippen LogP contribution < -0.4 is 20.3 Å². The van der Waals surface area contributed by atoms with Crippen molar-refractivity contribution in [2.45, 2.75) is 12.1 Å². The largest absolute Gasteiger partial charge is 0.497 e. The van der Waals surface area contributed by atoms with E-state index in [1.165, 1.54) is 13.2 Å². The number of rotatable bonds is 6. The third-order valence-electron chi connectivity index (χ3n) is 2.87. The average molecular weight is 335 g/mol. The lowest BCUT2D eigenvalue weighted by Gasteiger charge is -2.11. The van der Waals surface area contributed by atoms with Crippen molar-refractivity contribution in [1.82, 2.24) is 9.97 Å². The van der Waals surface area contributed by atoms with Crippen LogP contribution in [0.25, 0.3) is 0 Å². The number of nitrogens with one attached hydrogen (secondary N) is 2. The van der Waals surface area contributed by atoms with Crippen LogP contribution in [-0.4, -0.2) is 35.8 Å². The van der Waals surface area contributed by atoms with Gasteiger partial charge in [0.2, 0.25) is 5.91 Å². The highest BCUT2D eigenvalue weighted by Crippen LogP contribution is 2.29. The van der Waals surface area contributed by atoms with Gasteiger partial charge in [-0.1, -0.05) is 11.8 Å². The van der Waals surface area contributed by atoms with Gasteiger partial charge in [-0.2, -0.15) is 0 Å². The Morgan fingerprint density at radius 2 is 2.09 bits per heavy atom. The van der Waals surface area contributed by atoms with Crippen LogP contribution in [-0.2, 0) is 4.79 Å². The number of carbonyl (C=O) groups excluding carboxylic acids is 1. The minimum Gasteiger partial charge on any atom is -0.497 e. The van der Waals surface area contributed by atoms with Crippen LogP contribution in [0.3, 0.4) is 0 Å². The molecule has 7 nitrogen and oxygen atoms in total. The number of hydrogen-bond acceptors (Lipinski definition) is 6. The van der Waals surface area contributed by atoms with E-state index >= 15 is 0 Å². The lowest BCUT2D eigenvalue weighted by Crippen LogP contribution is -2.16. The summed E-state index contributed by atoms with van der Waals surface area (Å²) in [7, 11) is 3.07. The third kappa shape index (κ3) is 4.75. The molecule has 0 radical (unpaired) electrons. The highest BCUT2D eigenvalue weighted by molar-refractivity contribution is 7.99. The fraction of sp³-hybridized carbons (Fsp3) is 0.267. The second-order valence-corrected chi connectivity index (χ2v) is 5.56. The van der Waals surface area contributed by atoms with Crippen LogP contribution in [0.2, 0.25) is 0 Å². The van der Waals surface area contributed by atoms with Gasteiger partial charge >= 0.3 is 0 Å². The van der Waals surface area contributed by atoms with E-state index in [-0.39, 0.29) is 17.2 Å². The predicted molar refractivity (Wildman–Crippen MR) is 88.5 cm³/mol. The first-order valence-electron chi connectivity index (χ1n) is 6.74. The minimum absolute atomic E-state index is 0.113. The number of nitrogens with zero attached hydrogens (tertiary/aromatic N) is 1. The molecule has 0 atom stereocenters. The number of aromatic nitrogens is 2. The maximum atomic E-state index is 12.0. The van der Waals surface area contributed by atoms with Crippen molar-refractivity contribution in [2.24, 2.45) is 0 Å². The molecule has 1 heterocycles. The van der Waals surface area contributed by atoms with Crippen LogP contribution in [0.5, 0.6) is 11.5 Å². The third-order valence-corrected chi connectivity index (χ3v) is 3.74. The molecule has 122 valence electrons. The Morgan fingerprint density at radius 3 is 2.74 bits per heavy atom. The van der Waals surface area contributed by atoms with Gasteiger partial charge in [0.05, 0.1) is 25.7 Å². The number of aromatic amines is 1. The lowest BCUT2D eigenvalue weighted by atomic mass is 10.2. The standard InChI is InChI=1S/C15H17N3O4S/c1-9-6-13(19)18-15(16-9)23-8-14(20)17-11-5-4-10(21-2)7-12(11)22-3/h4-7H,8H2,1-3H3,(H,17,20)(H,16,18,19). The summed E-state index contributed by atoms with van der Waals surface area (Å²) in [4.78, 5) is 30.1.